The highest BCUT2D eigenvalue weighted by atomic mass is 16.1. The highest BCUT2D eigenvalue weighted by Gasteiger charge is 2.17. The van der Waals surface area contributed by atoms with Crippen LogP contribution < -0.4 is 0 Å². The number of carbonyl (C=O) groups is 1. The van der Waals surface area contributed by atoms with E-state index in [1.54, 1.807) is 18.5 Å². The fourth-order valence-electron chi connectivity index (χ4n) is 3.20. The largest absolute Gasteiger partial charge is 0.289 e. The number of hydrogen-bond acceptors (Lipinski definition) is 2. The zero-order chi connectivity index (χ0) is 14.9. The van der Waals surface area contributed by atoms with Crippen LogP contribution in [0.1, 0.15) is 27.0 Å². The maximum absolute atomic E-state index is 12.6. The Morgan fingerprint density at radius 2 is 1.86 bits per heavy atom. The SMILES string of the molecule is O=C(/C=C/c1cccnc1)c1ccc2c3c(cccc13)CC2. The van der Waals surface area contributed by atoms with E-state index in [-0.39, 0.29) is 5.78 Å². The summed E-state index contributed by atoms with van der Waals surface area (Å²) in [6, 6.07) is 14.1. The Bertz CT molecular complexity index is 884. The van der Waals surface area contributed by atoms with E-state index in [0.717, 1.165) is 29.4 Å². The lowest BCUT2D eigenvalue weighted by molar-refractivity contribution is 0.104. The summed E-state index contributed by atoms with van der Waals surface area (Å²) in [7, 11) is 0. The third-order valence-corrected chi connectivity index (χ3v) is 4.25. The first kappa shape index (κ1) is 13.0. The van der Waals surface area contributed by atoms with Crippen LogP contribution in [0.25, 0.3) is 16.8 Å². The molecule has 0 amide bonds. The van der Waals surface area contributed by atoms with Gasteiger partial charge in [-0.05, 0) is 58.5 Å². The molecule has 2 aromatic carbocycles. The lowest BCUT2D eigenvalue weighted by atomic mass is 9.97. The smallest absolute Gasteiger partial charge is 0.186 e. The Kier molecular flexibility index (Phi) is 3.08. The number of aromatic nitrogens is 1. The average molecular weight is 285 g/mol. The van der Waals surface area contributed by atoms with Crippen molar-refractivity contribution in [2.75, 3.05) is 0 Å². The quantitative estimate of drug-likeness (QED) is 0.532. The van der Waals surface area contributed by atoms with Gasteiger partial charge in [-0.25, -0.2) is 0 Å². The molecule has 3 aromatic rings. The molecule has 0 atom stereocenters. The van der Waals surface area contributed by atoms with Crippen molar-refractivity contribution in [1.29, 1.82) is 0 Å². The number of rotatable bonds is 3. The molecule has 4 rings (SSSR count). The molecule has 2 heteroatoms. The van der Waals surface area contributed by atoms with E-state index in [9.17, 15) is 4.79 Å². The summed E-state index contributed by atoms with van der Waals surface area (Å²) in [5.74, 6) is 0.0412. The number of allylic oxidation sites excluding steroid dienone is 1. The minimum Gasteiger partial charge on any atom is -0.289 e. The minimum absolute atomic E-state index is 0.0412. The van der Waals surface area contributed by atoms with Crippen molar-refractivity contribution in [3.63, 3.8) is 0 Å². The van der Waals surface area contributed by atoms with Crippen molar-refractivity contribution in [1.82, 2.24) is 4.98 Å². The van der Waals surface area contributed by atoms with E-state index >= 15 is 0 Å². The average Bonchev–Trinajstić information content (AvgIpc) is 2.99. The molecule has 106 valence electrons. The standard InChI is InChI=1S/C20H15NO/c22-19(11-6-14-3-2-12-21-13-14)17-10-9-16-8-7-15-4-1-5-18(17)20(15)16/h1-6,9-13H,7-8H2/b11-6+. The summed E-state index contributed by atoms with van der Waals surface area (Å²) >= 11 is 0. The van der Waals surface area contributed by atoms with Gasteiger partial charge in [-0.1, -0.05) is 36.4 Å². The van der Waals surface area contributed by atoms with Crippen molar-refractivity contribution in [3.8, 4) is 0 Å². The Balaban J connectivity index is 1.76. The van der Waals surface area contributed by atoms with Gasteiger partial charge < -0.3 is 0 Å². The zero-order valence-electron chi connectivity index (χ0n) is 12.1. The summed E-state index contributed by atoms with van der Waals surface area (Å²) in [5, 5.41) is 2.36. The second kappa shape index (κ2) is 5.23. The van der Waals surface area contributed by atoms with E-state index < -0.39 is 0 Å². The highest BCUT2D eigenvalue weighted by molar-refractivity contribution is 6.15. The van der Waals surface area contributed by atoms with Gasteiger partial charge in [0.15, 0.2) is 5.78 Å². The molecule has 0 radical (unpaired) electrons. The maximum Gasteiger partial charge on any atom is 0.186 e. The van der Waals surface area contributed by atoms with Crippen LogP contribution in [0.4, 0.5) is 0 Å². The molecule has 0 bridgehead atoms. The zero-order valence-corrected chi connectivity index (χ0v) is 12.1. The summed E-state index contributed by atoms with van der Waals surface area (Å²) in [5.41, 5.74) is 4.43. The third kappa shape index (κ3) is 2.13. The molecule has 1 aromatic heterocycles. The van der Waals surface area contributed by atoms with Crippen LogP contribution in [-0.2, 0) is 12.8 Å². The summed E-state index contributed by atoms with van der Waals surface area (Å²) in [6.07, 6.45) is 9.08. The Morgan fingerprint density at radius 3 is 2.68 bits per heavy atom. The fraction of sp³-hybridized carbons (Fsp3) is 0.100. The van der Waals surface area contributed by atoms with Gasteiger partial charge in [0.2, 0.25) is 0 Å². The van der Waals surface area contributed by atoms with Gasteiger partial charge in [-0.2, -0.15) is 0 Å². The molecule has 1 aliphatic rings. The molecule has 0 aliphatic heterocycles. The van der Waals surface area contributed by atoms with E-state index in [0.29, 0.717) is 0 Å². The van der Waals surface area contributed by atoms with Crippen molar-refractivity contribution in [2.24, 2.45) is 0 Å². The molecule has 1 aliphatic carbocycles. The summed E-state index contributed by atoms with van der Waals surface area (Å²) in [4.78, 5) is 16.6. The van der Waals surface area contributed by atoms with Crippen molar-refractivity contribution < 1.29 is 4.79 Å². The molecule has 0 saturated heterocycles. The number of ketones is 1. The lowest BCUT2D eigenvalue weighted by Crippen LogP contribution is -1.96. The molecule has 0 fully saturated rings. The van der Waals surface area contributed by atoms with Crippen LogP contribution in [0.5, 0.6) is 0 Å². The molecule has 1 heterocycles. The minimum atomic E-state index is 0.0412. The van der Waals surface area contributed by atoms with E-state index in [1.807, 2.05) is 30.3 Å². The van der Waals surface area contributed by atoms with Gasteiger partial charge in [-0.15, -0.1) is 0 Å². The van der Waals surface area contributed by atoms with Crippen LogP contribution in [-0.4, -0.2) is 10.8 Å². The molecule has 0 saturated carbocycles. The maximum atomic E-state index is 12.6. The molecular weight excluding hydrogens is 270 g/mol. The Labute approximate surface area is 129 Å². The van der Waals surface area contributed by atoms with Gasteiger partial charge >= 0.3 is 0 Å². The molecule has 0 N–H and O–H groups in total. The predicted molar refractivity (Wildman–Crippen MR) is 89.0 cm³/mol. The van der Waals surface area contributed by atoms with Crippen molar-refractivity contribution >= 4 is 22.6 Å². The first-order chi connectivity index (χ1) is 10.8. The lowest BCUT2D eigenvalue weighted by Gasteiger charge is -2.06. The van der Waals surface area contributed by atoms with Gasteiger partial charge in [0.1, 0.15) is 0 Å². The topological polar surface area (TPSA) is 30.0 Å². The summed E-state index contributed by atoms with van der Waals surface area (Å²) in [6.45, 7) is 0. The number of nitrogens with zero attached hydrogens (tertiary/aromatic N) is 1. The second-order valence-corrected chi connectivity index (χ2v) is 5.60. The predicted octanol–water partition coefficient (Wildman–Crippen LogP) is 4.23. The normalized spacial score (nSPS) is 13.1. The van der Waals surface area contributed by atoms with Crippen LogP contribution in [0, 0.1) is 0 Å². The van der Waals surface area contributed by atoms with E-state index in [1.165, 1.54) is 16.5 Å². The van der Waals surface area contributed by atoms with E-state index in [4.69, 9.17) is 0 Å². The molecule has 0 spiro atoms. The van der Waals surface area contributed by atoms with Crippen molar-refractivity contribution in [3.05, 3.63) is 83.2 Å². The van der Waals surface area contributed by atoms with Gasteiger partial charge in [-0.3, -0.25) is 9.78 Å². The van der Waals surface area contributed by atoms with Crippen LogP contribution >= 0.6 is 0 Å². The van der Waals surface area contributed by atoms with E-state index in [2.05, 4.69) is 23.2 Å². The molecule has 2 nitrogen and oxygen atoms in total. The van der Waals surface area contributed by atoms with Crippen LogP contribution in [0.15, 0.2) is 60.9 Å². The number of hydrogen-bond donors (Lipinski definition) is 0. The van der Waals surface area contributed by atoms with Gasteiger partial charge in [0.05, 0.1) is 0 Å². The Hall–Kier alpha value is -2.74. The highest BCUT2D eigenvalue weighted by Crippen LogP contribution is 2.33. The molecule has 0 unspecified atom stereocenters. The number of benzene rings is 2. The number of carbonyl (C=O) groups excluding carboxylic acids is 1. The number of aryl methyl sites for hydroxylation is 2. The van der Waals surface area contributed by atoms with Gasteiger partial charge in [0, 0.05) is 18.0 Å². The first-order valence-electron chi connectivity index (χ1n) is 7.49. The first-order valence-corrected chi connectivity index (χ1v) is 7.49. The van der Waals surface area contributed by atoms with Crippen molar-refractivity contribution in [2.45, 2.75) is 12.8 Å². The number of pyridine rings is 1. The Morgan fingerprint density at radius 1 is 1.00 bits per heavy atom. The van der Waals surface area contributed by atoms with Crippen LogP contribution in [0.3, 0.4) is 0 Å². The van der Waals surface area contributed by atoms with Crippen LogP contribution in [0.2, 0.25) is 0 Å². The fourth-order valence-corrected chi connectivity index (χ4v) is 3.20. The molecular formula is C20H15NO. The second-order valence-electron chi connectivity index (χ2n) is 5.60. The van der Waals surface area contributed by atoms with Gasteiger partial charge in [0.25, 0.3) is 0 Å². The summed E-state index contributed by atoms with van der Waals surface area (Å²) < 4.78 is 0. The molecule has 22 heavy (non-hydrogen) atoms. The third-order valence-electron chi connectivity index (χ3n) is 4.25. The monoisotopic (exact) mass is 285 g/mol.